The van der Waals surface area contributed by atoms with Crippen LogP contribution in [0.1, 0.15) is 39.0 Å². The average Bonchev–Trinajstić information content (AvgIpc) is 2.61. The predicted molar refractivity (Wildman–Crippen MR) is 101 cm³/mol. The normalized spacial score (nSPS) is 14.8. The predicted octanol–water partition coefficient (Wildman–Crippen LogP) is 3.16. The maximum atomic E-state index is 12.3. The second kappa shape index (κ2) is 9.47. The lowest BCUT2D eigenvalue weighted by Crippen LogP contribution is -2.47. The molecule has 0 unspecified atom stereocenters. The van der Waals surface area contributed by atoms with Crippen LogP contribution >= 0.6 is 12.2 Å². The zero-order chi connectivity index (χ0) is 17.4. The molecule has 1 aromatic rings. The van der Waals surface area contributed by atoms with Gasteiger partial charge in [0.15, 0.2) is 5.11 Å². The number of amides is 1. The maximum absolute atomic E-state index is 12.3. The molecule has 2 rings (SSSR count). The van der Waals surface area contributed by atoms with Crippen LogP contribution in [-0.4, -0.2) is 42.2 Å². The van der Waals surface area contributed by atoms with Gasteiger partial charge >= 0.3 is 0 Å². The van der Waals surface area contributed by atoms with Crippen molar-refractivity contribution < 1.29 is 9.53 Å². The number of carbonyl (C=O) groups excluding carboxylic acids is 1. The molecule has 0 radical (unpaired) electrons. The van der Waals surface area contributed by atoms with Crippen molar-refractivity contribution in [2.45, 2.75) is 45.1 Å². The van der Waals surface area contributed by atoms with Gasteiger partial charge in [-0.3, -0.25) is 4.79 Å². The second-order valence-electron chi connectivity index (χ2n) is 6.08. The summed E-state index contributed by atoms with van der Waals surface area (Å²) >= 11 is 5.49. The number of benzene rings is 1. The second-order valence-corrected chi connectivity index (χ2v) is 6.46. The molecule has 2 N–H and O–H groups in total. The van der Waals surface area contributed by atoms with E-state index in [9.17, 15) is 4.79 Å². The fourth-order valence-corrected chi connectivity index (χ4v) is 3.25. The van der Waals surface area contributed by atoms with E-state index in [4.69, 9.17) is 17.0 Å². The fourth-order valence-electron chi connectivity index (χ4n) is 2.89. The van der Waals surface area contributed by atoms with E-state index in [1.54, 1.807) is 7.11 Å². The molecule has 0 heterocycles. The Labute approximate surface area is 149 Å². The van der Waals surface area contributed by atoms with Crippen molar-refractivity contribution in [1.82, 2.24) is 10.2 Å². The molecule has 132 valence electrons. The zero-order valence-corrected chi connectivity index (χ0v) is 15.3. The van der Waals surface area contributed by atoms with Crippen molar-refractivity contribution in [2.75, 3.05) is 25.5 Å². The van der Waals surface area contributed by atoms with Crippen LogP contribution in [0.3, 0.4) is 0 Å². The van der Waals surface area contributed by atoms with Gasteiger partial charge in [-0.15, -0.1) is 0 Å². The smallest absolute Gasteiger partial charge is 0.243 e. The number of hydrogen-bond acceptors (Lipinski definition) is 3. The highest BCUT2D eigenvalue weighted by atomic mass is 32.1. The van der Waals surface area contributed by atoms with E-state index >= 15 is 0 Å². The molecule has 0 atom stereocenters. The fraction of sp³-hybridized carbons (Fsp3) is 0.556. The molecule has 6 heteroatoms. The number of rotatable bonds is 6. The molecular weight excluding hydrogens is 322 g/mol. The zero-order valence-electron chi connectivity index (χ0n) is 14.5. The lowest BCUT2D eigenvalue weighted by atomic mass is 9.96. The molecular formula is C18H27N3O2S. The van der Waals surface area contributed by atoms with Gasteiger partial charge in [-0.1, -0.05) is 19.3 Å². The minimum Gasteiger partial charge on any atom is -0.497 e. The summed E-state index contributed by atoms with van der Waals surface area (Å²) in [6, 6.07) is 7.74. The van der Waals surface area contributed by atoms with Crippen molar-refractivity contribution in [1.29, 1.82) is 0 Å². The topological polar surface area (TPSA) is 53.6 Å². The first-order valence-electron chi connectivity index (χ1n) is 8.61. The summed E-state index contributed by atoms with van der Waals surface area (Å²) < 4.78 is 5.11. The molecule has 1 fully saturated rings. The van der Waals surface area contributed by atoms with Crippen LogP contribution in [0, 0.1) is 0 Å². The number of hydrogen-bond donors (Lipinski definition) is 2. The van der Waals surface area contributed by atoms with E-state index in [0.29, 0.717) is 17.7 Å². The van der Waals surface area contributed by atoms with Crippen molar-refractivity contribution in [3.8, 4) is 5.75 Å². The van der Waals surface area contributed by atoms with E-state index in [0.717, 1.165) is 24.3 Å². The molecule has 0 bridgehead atoms. The maximum Gasteiger partial charge on any atom is 0.243 e. The van der Waals surface area contributed by atoms with Crippen LogP contribution in [0.25, 0.3) is 0 Å². The Morgan fingerprint density at radius 1 is 1.25 bits per heavy atom. The number of carbonyl (C=O) groups is 1. The highest BCUT2D eigenvalue weighted by Gasteiger charge is 2.18. The summed E-state index contributed by atoms with van der Waals surface area (Å²) in [4.78, 5) is 14.2. The largest absolute Gasteiger partial charge is 0.497 e. The van der Waals surface area contributed by atoms with Gasteiger partial charge < -0.3 is 20.3 Å². The van der Waals surface area contributed by atoms with Crippen molar-refractivity contribution in [3.63, 3.8) is 0 Å². The Bertz CT molecular complexity index is 542. The Balaban J connectivity index is 1.83. The number of anilines is 1. The number of nitrogens with one attached hydrogen (secondary N) is 2. The van der Waals surface area contributed by atoms with Gasteiger partial charge in [0.1, 0.15) is 5.75 Å². The number of nitrogens with zero attached hydrogens (tertiary/aromatic N) is 1. The van der Waals surface area contributed by atoms with Gasteiger partial charge in [-0.05, 0) is 56.2 Å². The number of likely N-dealkylation sites (N-methyl/N-ethyl adjacent to an activating group) is 1. The van der Waals surface area contributed by atoms with Gasteiger partial charge in [-0.2, -0.15) is 0 Å². The van der Waals surface area contributed by atoms with Gasteiger partial charge in [0.05, 0.1) is 13.7 Å². The summed E-state index contributed by atoms with van der Waals surface area (Å²) in [7, 11) is 1.62. The number of methoxy groups -OCH3 is 1. The third kappa shape index (κ3) is 5.67. The van der Waals surface area contributed by atoms with Gasteiger partial charge in [0, 0.05) is 18.3 Å². The van der Waals surface area contributed by atoms with E-state index in [2.05, 4.69) is 10.6 Å². The molecule has 0 aliphatic heterocycles. The molecule has 1 aromatic carbocycles. The van der Waals surface area contributed by atoms with Crippen molar-refractivity contribution in [2.24, 2.45) is 0 Å². The summed E-state index contributed by atoms with van der Waals surface area (Å²) in [5.74, 6) is 0.691. The average molecular weight is 350 g/mol. The standard InChI is InChI=1S/C18H27N3O2S/c1-3-21(18(24)20-14-7-5-4-6-8-14)13-17(22)19-15-9-11-16(23-2)12-10-15/h9-12,14H,3-8,13H2,1-2H3,(H,19,22)(H,20,24). The molecule has 0 aromatic heterocycles. The Morgan fingerprint density at radius 2 is 1.92 bits per heavy atom. The molecule has 0 spiro atoms. The molecule has 5 nitrogen and oxygen atoms in total. The highest BCUT2D eigenvalue weighted by molar-refractivity contribution is 7.80. The van der Waals surface area contributed by atoms with E-state index < -0.39 is 0 Å². The number of ether oxygens (including phenoxy) is 1. The van der Waals surface area contributed by atoms with E-state index in [1.165, 1.54) is 19.3 Å². The summed E-state index contributed by atoms with van der Waals surface area (Å²) in [5.41, 5.74) is 0.753. The Hall–Kier alpha value is -1.82. The van der Waals surface area contributed by atoms with E-state index in [-0.39, 0.29) is 12.5 Å². The Morgan fingerprint density at radius 3 is 2.50 bits per heavy atom. The first kappa shape index (κ1) is 18.5. The number of thiocarbonyl (C=S) groups is 1. The molecule has 0 saturated heterocycles. The van der Waals surface area contributed by atoms with Crippen LogP contribution in [0.5, 0.6) is 5.75 Å². The molecule has 1 saturated carbocycles. The first-order valence-corrected chi connectivity index (χ1v) is 9.02. The molecule has 24 heavy (non-hydrogen) atoms. The Kier molecular flexibility index (Phi) is 7.31. The first-order chi connectivity index (χ1) is 11.6. The van der Waals surface area contributed by atoms with Gasteiger partial charge in [-0.25, -0.2) is 0 Å². The minimum absolute atomic E-state index is 0.0742. The molecule has 1 aliphatic rings. The third-order valence-corrected chi connectivity index (χ3v) is 4.69. The summed E-state index contributed by atoms with van der Waals surface area (Å²) in [5, 5.41) is 6.98. The van der Waals surface area contributed by atoms with Crippen LogP contribution in [0.2, 0.25) is 0 Å². The molecule has 1 amide bonds. The summed E-state index contributed by atoms with van der Waals surface area (Å²) in [6.45, 7) is 2.96. The SMILES string of the molecule is CCN(CC(=O)Nc1ccc(OC)cc1)C(=S)NC1CCCCC1. The van der Waals surface area contributed by atoms with E-state index in [1.807, 2.05) is 36.1 Å². The monoisotopic (exact) mass is 349 g/mol. The van der Waals surface area contributed by atoms with Crippen molar-refractivity contribution >= 4 is 28.9 Å². The highest BCUT2D eigenvalue weighted by Crippen LogP contribution is 2.18. The quantitative estimate of drug-likeness (QED) is 0.773. The van der Waals surface area contributed by atoms with Crippen molar-refractivity contribution in [3.05, 3.63) is 24.3 Å². The van der Waals surface area contributed by atoms with Crippen LogP contribution in [-0.2, 0) is 4.79 Å². The lowest BCUT2D eigenvalue weighted by Gasteiger charge is -2.29. The van der Waals surface area contributed by atoms with Crippen LogP contribution in [0.15, 0.2) is 24.3 Å². The summed E-state index contributed by atoms with van der Waals surface area (Å²) in [6.07, 6.45) is 6.15. The minimum atomic E-state index is -0.0742. The third-order valence-electron chi connectivity index (χ3n) is 4.31. The van der Waals surface area contributed by atoms with Gasteiger partial charge in [0.25, 0.3) is 0 Å². The molecule has 1 aliphatic carbocycles. The van der Waals surface area contributed by atoms with Gasteiger partial charge in [0.2, 0.25) is 5.91 Å². The van der Waals surface area contributed by atoms with Crippen LogP contribution in [0.4, 0.5) is 5.69 Å². The lowest BCUT2D eigenvalue weighted by molar-refractivity contribution is -0.116. The van der Waals surface area contributed by atoms with Crippen LogP contribution < -0.4 is 15.4 Å².